The van der Waals surface area contributed by atoms with Crippen molar-refractivity contribution in [2.75, 3.05) is 25.1 Å². The number of rotatable bonds is 12. The zero-order valence-corrected chi connectivity index (χ0v) is 33.5. The van der Waals surface area contributed by atoms with Crippen LogP contribution in [0, 0.1) is 13.8 Å². The van der Waals surface area contributed by atoms with Crippen LogP contribution in [0.1, 0.15) is 78.7 Å². The maximum absolute atomic E-state index is 14.7. The Morgan fingerprint density at radius 2 is 1.42 bits per heavy atom. The molecule has 1 saturated heterocycles. The molecule has 1 fully saturated rings. The van der Waals surface area contributed by atoms with Gasteiger partial charge in [-0.2, -0.15) is 0 Å². The maximum atomic E-state index is 14.7. The van der Waals surface area contributed by atoms with E-state index in [-0.39, 0.29) is 23.3 Å². The molecule has 5 rings (SSSR count). The van der Waals surface area contributed by atoms with Crippen molar-refractivity contribution in [1.29, 1.82) is 0 Å². The standard InChI is InChI=1S/C43H53N3O5S2/c1-31-18-17-25-37(33(31)3)39(47)46-28-27-44-42(26-29-53(7,49)50,45-40(48)51-41(4,5)6)38(46)30-32(2)52-43(34-19-11-8-12-20-34,35-21-13-9-14-22-35)36-23-15-10-16-24-36/h8-25,32,38,44H,26-30H2,1-7H3,(H,45,48)/t32-,38?,42?/m0/s1. The Bertz CT molecular complexity index is 1870. The molecule has 4 aromatic carbocycles. The second-order valence-electron chi connectivity index (χ2n) is 15.1. The van der Waals surface area contributed by atoms with E-state index in [0.717, 1.165) is 27.8 Å². The molecule has 1 aliphatic rings. The lowest BCUT2D eigenvalue weighted by molar-refractivity contribution is 0.00518. The number of nitrogens with one attached hydrogen (secondary N) is 2. The molecule has 53 heavy (non-hydrogen) atoms. The molecule has 0 radical (unpaired) electrons. The Hall–Kier alpha value is -4.12. The quantitative estimate of drug-likeness (QED) is 0.142. The van der Waals surface area contributed by atoms with Crippen LogP contribution >= 0.6 is 11.8 Å². The molecule has 3 atom stereocenters. The first-order valence-corrected chi connectivity index (χ1v) is 21.1. The maximum Gasteiger partial charge on any atom is 0.409 e. The number of piperazine rings is 1. The lowest BCUT2D eigenvalue weighted by Crippen LogP contribution is -2.75. The summed E-state index contributed by atoms with van der Waals surface area (Å²) in [5.41, 5.74) is 3.66. The van der Waals surface area contributed by atoms with E-state index >= 15 is 0 Å². The van der Waals surface area contributed by atoms with Gasteiger partial charge in [-0.1, -0.05) is 110 Å². The molecule has 2 N–H and O–H groups in total. The van der Waals surface area contributed by atoms with Crippen LogP contribution in [-0.4, -0.2) is 73.0 Å². The molecule has 4 aromatic rings. The summed E-state index contributed by atoms with van der Waals surface area (Å²) in [6.45, 7) is 12.1. The highest BCUT2D eigenvalue weighted by atomic mass is 32.2. The van der Waals surface area contributed by atoms with E-state index in [1.165, 1.54) is 6.26 Å². The van der Waals surface area contributed by atoms with Gasteiger partial charge in [-0.3, -0.25) is 10.1 Å². The first-order valence-electron chi connectivity index (χ1n) is 18.2. The van der Waals surface area contributed by atoms with Crippen LogP contribution in [-0.2, 0) is 19.3 Å². The van der Waals surface area contributed by atoms with Gasteiger partial charge in [0.1, 0.15) is 21.1 Å². The largest absolute Gasteiger partial charge is 0.444 e. The Kier molecular flexibility index (Phi) is 12.5. The molecule has 0 aromatic heterocycles. The molecule has 2 amide bonds. The third-order valence-electron chi connectivity index (χ3n) is 9.90. The van der Waals surface area contributed by atoms with Gasteiger partial charge in [0, 0.05) is 30.2 Å². The van der Waals surface area contributed by atoms with Crippen LogP contribution in [0.3, 0.4) is 0 Å². The van der Waals surface area contributed by atoms with Gasteiger partial charge < -0.3 is 15.0 Å². The van der Waals surface area contributed by atoms with Crippen molar-refractivity contribution in [3.8, 4) is 0 Å². The van der Waals surface area contributed by atoms with Crippen LogP contribution in [0.5, 0.6) is 0 Å². The van der Waals surface area contributed by atoms with E-state index in [9.17, 15) is 18.0 Å². The number of alkyl carbamates (subject to hydrolysis) is 1. The van der Waals surface area contributed by atoms with E-state index in [1.54, 1.807) is 32.5 Å². The minimum absolute atomic E-state index is 0.0326. The fraction of sp³-hybridized carbons (Fsp3) is 0.395. The highest BCUT2D eigenvalue weighted by Gasteiger charge is 2.50. The SMILES string of the molecule is Cc1cccc(C(=O)N2CCNC(CCS(C)(=O)=O)(NC(=O)OC(C)(C)C)C2C[C@H](C)SC(c2ccccc2)(c2ccccc2)c2ccccc2)c1C. The van der Waals surface area contributed by atoms with Crippen molar-refractivity contribution in [3.63, 3.8) is 0 Å². The third-order valence-corrected chi connectivity index (χ3v) is 12.5. The van der Waals surface area contributed by atoms with Gasteiger partial charge in [0.15, 0.2) is 0 Å². The minimum Gasteiger partial charge on any atom is -0.444 e. The monoisotopic (exact) mass is 755 g/mol. The average Bonchev–Trinajstić information content (AvgIpc) is 3.11. The third kappa shape index (κ3) is 9.52. The summed E-state index contributed by atoms with van der Waals surface area (Å²) in [7, 11) is -3.46. The number of thioether (sulfide) groups is 1. The van der Waals surface area contributed by atoms with E-state index in [0.29, 0.717) is 25.1 Å². The van der Waals surface area contributed by atoms with Gasteiger partial charge in [0.25, 0.3) is 5.91 Å². The van der Waals surface area contributed by atoms with Crippen LogP contribution in [0.2, 0.25) is 0 Å². The molecular weight excluding hydrogens is 703 g/mol. The summed E-state index contributed by atoms with van der Waals surface area (Å²) >= 11 is 1.79. The zero-order chi connectivity index (χ0) is 38.4. The number of sulfone groups is 1. The second kappa shape index (κ2) is 16.5. The smallest absolute Gasteiger partial charge is 0.409 e. The molecule has 282 valence electrons. The summed E-state index contributed by atoms with van der Waals surface area (Å²) in [6, 6.07) is 36.3. The summed E-state index contributed by atoms with van der Waals surface area (Å²) in [5, 5.41) is 6.48. The summed E-state index contributed by atoms with van der Waals surface area (Å²) in [6.07, 6.45) is 0.960. The van der Waals surface area contributed by atoms with Crippen LogP contribution < -0.4 is 10.6 Å². The first-order chi connectivity index (χ1) is 25.0. The van der Waals surface area contributed by atoms with Crippen LogP contribution in [0.15, 0.2) is 109 Å². The van der Waals surface area contributed by atoms with Crippen molar-refractivity contribution in [2.24, 2.45) is 0 Å². The van der Waals surface area contributed by atoms with Crippen molar-refractivity contribution >= 4 is 33.6 Å². The van der Waals surface area contributed by atoms with Crippen molar-refractivity contribution in [2.45, 2.75) is 81.7 Å². The topological polar surface area (TPSA) is 105 Å². The number of carbonyl (C=O) groups excluding carboxylic acids is 2. The van der Waals surface area contributed by atoms with E-state index in [4.69, 9.17) is 4.74 Å². The minimum atomic E-state index is -3.46. The van der Waals surface area contributed by atoms with Gasteiger partial charge >= 0.3 is 6.09 Å². The number of carbonyl (C=O) groups is 2. The van der Waals surface area contributed by atoms with Crippen molar-refractivity contribution in [1.82, 2.24) is 15.5 Å². The van der Waals surface area contributed by atoms with E-state index in [1.807, 2.05) is 55.1 Å². The Morgan fingerprint density at radius 1 is 0.887 bits per heavy atom. The molecular formula is C43H53N3O5S2. The Morgan fingerprint density at radius 3 is 1.91 bits per heavy atom. The number of nitrogens with zero attached hydrogens (tertiary/aromatic N) is 1. The predicted octanol–water partition coefficient (Wildman–Crippen LogP) is 7.88. The molecule has 1 heterocycles. The molecule has 0 bridgehead atoms. The van der Waals surface area contributed by atoms with Gasteiger partial charge in [-0.15, -0.1) is 11.8 Å². The lowest BCUT2D eigenvalue weighted by Gasteiger charge is -2.52. The lowest BCUT2D eigenvalue weighted by atomic mass is 9.84. The average molecular weight is 756 g/mol. The fourth-order valence-corrected chi connectivity index (χ4v) is 9.70. The van der Waals surface area contributed by atoms with Gasteiger partial charge in [-0.25, -0.2) is 13.2 Å². The van der Waals surface area contributed by atoms with Crippen molar-refractivity contribution < 1.29 is 22.7 Å². The molecule has 8 nitrogen and oxygen atoms in total. The number of amides is 2. The first kappa shape index (κ1) is 40.1. The van der Waals surface area contributed by atoms with E-state index < -0.39 is 38.0 Å². The van der Waals surface area contributed by atoms with Gasteiger partial charge in [0.05, 0.1) is 16.5 Å². The highest BCUT2D eigenvalue weighted by Crippen LogP contribution is 2.51. The van der Waals surface area contributed by atoms with E-state index in [2.05, 4.69) is 90.4 Å². The zero-order valence-electron chi connectivity index (χ0n) is 31.9. The molecule has 2 unspecified atom stereocenters. The summed E-state index contributed by atoms with van der Waals surface area (Å²) in [4.78, 5) is 30.3. The van der Waals surface area contributed by atoms with Crippen molar-refractivity contribution in [3.05, 3.63) is 143 Å². The predicted molar refractivity (Wildman–Crippen MR) is 216 cm³/mol. The molecule has 1 aliphatic heterocycles. The molecule has 0 spiro atoms. The number of hydrogen-bond donors (Lipinski definition) is 2. The molecule has 0 saturated carbocycles. The Balaban J connectivity index is 1.66. The summed E-state index contributed by atoms with van der Waals surface area (Å²) in [5.74, 6) is -0.369. The Labute approximate surface area is 320 Å². The molecule has 0 aliphatic carbocycles. The highest BCUT2D eigenvalue weighted by molar-refractivity contribution is 8.01. The summed E-state index contributed by atoms with van der Waals surface area (Å²) < 4.78 is 30.7. The van der Waals surface area contributed by atoms with Gasteiger partial charge in [-0.05, 0) is 81.3 Å². The fourth-order valence-electron chi connectivity index (χ4n) is 7.31. The van der Waals surface area contributed by atoms with Crippen LogP contribution in [0.25, 0.3) is 0 Å². The van der Waals surface area contributed by atoms with Crippen LogP contribution in [0.4, 0.5) is 4.79 Å². The second-order valence-corrected chi connectivity index (χ2v) is 19.0. The number of ether oxygens (including phenoxy) is 1. The normalized spacial score (nSPS) is 18.6. The number of hydrogen-bond acceptors (Lipinski definition) is 7. The van der Waals surface area contributed by atoms with Gasteiger partial charge in [0.2, 0.25) is 0 Å². The number of benzene rings is 4. The molecule has 10 heteroatoms. The number of aryl methyl sites for hydroxylation is 1.